The summed E-state index contributed by atoms with van der Waals surface area (Å²) in [6, 6.07) is 6.88. The van der Waals surface area contributed by atoms with Crippen molar-refractivity contribution < 1.29 is 9.90 Å². The minimum absolute atomic E-state index is 0.0936. The summed E-state index contributed by atoms with van der Waals surface area (Å²) < 4.78 is 0. The van der Waals surface area contributed by atoms with Gasteiger partial charge in [-0.2, -0.15) is 0 Å². The molecular weight excluding hydrogens is 258 g/mol. The third-order valence-corrected chi connectivity index (χ3v) is 2.60. The van der Waals surface area contributed by atoms with E-state index in [2.05, 4.69) is 5.32 Å². The number of aliphatic hydroxyl groups excluding tert-OH is 1. The predicted octanol–water partition coefficient (Wildman–Crippen LogP) is 3.50. The summed E-state index contributed by atoms with van der Waals surface area (Å²) in [4.78, 5) is 11.5. The van der Waals surface area contributed by atoms with Crippen LogP contribution in [-0.2, 0) is 4.79 Å². The molecule has 0 radical (unpaired) electrons. The number of thiocarbonyl (C=S) groups is 1. The lowest BCUT2D eigenvalue weighted by Gasteiger charge is -2.10. The molecule has 0 spiro atoms. The smallest absolute Gasteiger partial charge is 0.166 e. The predicted molar refractivity (Wildman–Crippen MR) is 73.7 cm³/mol. The maximum atomic E-state index is 11.3. The van der Waals surface area contributed by atoms with E-state index in [9.17, 15) is 9.90 Å². The highest BCUT2D eigenvalue weighted by atomic mass is 35.5. The van der Waals surface area contributed by atoms with Gasteiger partial charge in [0.05, 0.1) is 5.57 Å². The van der Waals surface area contributed by atoms with Gasteiger partial charge in [0.15, 0.2) is 5.78 Å². The van der Waals surface area contributed by atoms with E-state index in [0.717, 1.165) is 0 Å². The molecule has 0 amide bonds. The van der Waals surface area contributed by atoms with Crippen molar-refractivity contribution in [1.82, 2.24) is 0 Å². The van der Waals surface area contributed by atoms with E-state index in [1.807, 2.05) is 0 Å². The number of hydrogen-bond acceptors (Lipinski definition) is 3. The van der Waals surface area contributed by atoms with Crippen LogP contribution in [0.25, 0.3) is 0 Å². The number of benzene rings is 1. The standard InChI is InChI=1S/C12H12ClNO2S/c1-7(15)11(8(2)16)12(17)14-10-5-3-9(13)4-6-10/h3-6,15H,1-2H3,(H,14,17). The van der Waals surface area contributed by atoms with Crippen molar-refractivity contribution in [3.05, 3.63) is 40.6 Å². The van der Waals surface area contributed by atoms with Gasteiger partial charge in [0.2, 0.25) is 0 Å². The lowest BCUT2D eigenvalue weighted by Crippen LogP contribution is -2.18. The highest BCUT2D eigenvalue weighted by molar-refractivity contribution is 7.81. The fourth-order valence-electron chi connectivity index (χ4n) is 1.31. The summed E-state index contributed by atoms with van der Waals surface area (Å²) >= 11 is 10.8. The first kappa shape index (κ1) is 13.7. The van der Waals surface area contributed by atoms with Crippen molar-refractivity contribution in [3.63, 3.8) is 0 Å². The number of Topliss-reactive ketones (excluding diaryl/α,β-unsaturated/α-hetero) is 1. The van der Waals surface area contributed by atoms with Gasteiger partial charge in [-0.15, -0.1) is 0 Å². The zero-order valence-corrected chi connectivity index (χ0v) is 11.0. The second-order valence-corrected chi connectivity index (χ2v) is 4.32. The Morgan fingerprint density at radius 1 is 1.29 bits per heavy atom. The van der Waals surface area contributed by atoms with E-state index >= 15 is 0 Å². The molecule has 5 heteroatoms. The number of carbonyl (C=O) groups is 1. The quantitative estimate of drug-likeness (QED) is 0.501. The molecule has 0 aromatic heterocycles. The van der Waals surface area contributed by atoms with Crippen LogP contribution in [0.5, 0.6) is 0 Å². The van der Waals surface area contributed by atoms with E-state index in [-0.39, 0.29) is 22.1 Å². The van der Waals surface area contributed by atoms with Gasteiger partial charge in [-0.25, -0.2) is 0 Å². The van der Waals surface area contributed by atoms with Crippen molar-refractivity contribution in [2.24, 2.45) is 0 Å². The third kappa shape index (κ3) is 3.84. The maximum Gasteiger partial charge on any atom is 0.166 e. The first-order chi connectivity index (χ1) is 7.91. The summed E-state index contributed by atoms with van der Waals surface area (Å²) in [5, 5.41) is 12.9. The van der Waals surface area contributed by atoms with Gasteiger partial charge in [0, 0.05) is 10.7 Å². The first-order valence-corrected chi connectivity index (χ1v) is 5.68. The molecule has 0 aliphatic carbocycles. The highest BCUT2D eigenvalue weighted by Crippen LogP contribution is 2.15. The highest BCUT2D eigenvalue weighted by Gasteiger charge is 2.14. The minimum atomic E-state index is -0.281. The first-order valence-electron chi connectivity index (χ1n) is 4.89. The SMILES string of the molecule is CC(=O)C(C(=S)Nc1ccc(Cl)cc1)=C(C)O. The maximum absolute atomic E-state index is 11.3. The van der Waals surface area contributed by atoms with Crippen LogP contribution in [0.3, 0.4) is 0 Å². The molecule has 17 heavy (non-hydrogen) atoms. The second-order valence-electron chi connectivity index (χ2n) is 3.48. The zero-order valence-electron chi connectivity index (χ0n) is 9.45. The molecule has 0 saturated heterocycles. The molecule has 3 nitrogen and oxygen atoms in total. The van der Waals surface area contributed by atoms with Gasteiger partial charge in [-0.05, 0) is 38.1 Å². The van der Waals surface area contributed by atoms with Crippen LogP contribution in [-0.4, -0.2) is 15.9 Å². The summed E-state index contributed by atoms with van der Waals surface area (Å²) in [6.45, 7) is 2.78. The molecule has 0 bridgehead atoms. The number of anilines is 1. The van der Waals surface area contributed by atoms with Crippen LogP contribution in [0.4, 0.5) is 5.69 Å². The molecule has 1 aromatic carbocycles. The molecule has 0 fully saturated rings. The summed E-state index contributed by atoms with van der Waals surface area (Å²) in [5.41, 5.74) is 0.828. The molecule has 1 rings (SSSR count). The Labute approximate surface area is 110 Å². The number of ketones is 1. The van der Waals surface area contributed by atoms with Crippen LogP contribution in [0.15, 0.2) is 35.6 Å². The Kier molecular flexibility index (Phi) is 4.66. The average Bonchev–Trinajstić information content (AvgIpc) is 2.20. The Balaban J connectivity index is 2.89. The van der Waals surface area contributed by atoms with Crippen LogP contribution >= 0.6 is 23.8 Å². The summed E-state index contributed by atoms with van der Waals surface area (Å²) in [7, 11) is 0. The van der Waals surface area contributed by atoms with E-state index < -0.39 is 0 Å². The molecule has 0 unspecified atom stereocenters. The molecule has 0 aliphatic heterocycles. The third-order valence-electron chi connectivity index (χ3n) is 2.04. The Morgan fingerprint density at radius 2 is 1.82 bits per heavy atom. The van der Waals surface area contributed by atoms with Crippen molar-refractivity contribution in [2.75, 3.05) is 5.32 Å². The molecule has 2 N–H and O–H groups in total. The topological polar surface area (TPSA) is 49.3 Å². The van der Waals surface area contributed by atoms with Crippen LogP contribution in [0.1, 0.15) is 13.8 Å². The van der Waals surface area contributed by atoms with E-state index in [1.165, 1.54) is 13.8 Å². The number of nitrogens with one attached hydrogen (secondary N) is 1. The lowest BCUT2D eigenvalue weighted by molar-refractivity contribution is -0.113. The van der Waals surface area contributed by atoms with Crippen molar-refractivity contribution in [1.29, 1.82) is 0 Å². The van der Waals surface area contributed by atoms with E-state index in [1.54, 1.807) is 24.3 Å². The van der Waals surface area contributed by atoms with Crippen LogP contribution in [0.2, 0.25) is 5.02 Å². The number of rotatable bonds is 3. The van der Waals surface area contributed by atoms with Crippen molar-refractivity contribution in [3.8, 4) is 0 Å². The largest absolute Gasteiger partial charge is 0.512 e. The van der Waals surface area contributed by atoms with Gasteiger partial charge < -0.3 is 10.4 Å². The average molecular weight is 270 g/mol. The van der Waals surface area contributed by atoms with Gasteiger partial charge in [0.25, 0.3) is 0 Å². The summed E-state index contributed by atoms with van der Waals surface area (Å²) in [5.74, 6) is -0.375. The Morgan fingerprint density at radius 3 is 2.24 bits per heavy atom. The van der Waals surface area contributed by atoms with E-state index in [4.69, 9.17) is 23.8 Å². The molecular formula is C12H12ClNO2S. The lowest BCUT2D eigenvalue weighted by atomic mass is 10.1. The molecule has 0 aliphatic rings. The van der Waals surface area contributed by atoms with Crippen LogP contribution < -0.4 is 5.32 Å². The monoisotopic (exact) mass is 269 g/mol. The van der Waals surface area contributed by atoms with Crippen molar-refractivity contribution in [2.45, 2.75) is 13.8 Å². The van der Waals surface area contributed by atoms with Gasteiger partial charge in [-0.3, -0.25) is 4.79 Å². The molecule has 0 atom stereocenters. The zero-order chi connectivity index (χ0) is 13.0. The Bertz CT molecular complexity index is 476. The second kappa shape index (κ2) is 5.80. The number of hydrogen-bond donors (Lipinski definition) is 2. The number of halogens is 1. The number of carbonyl (C=O) groups excluding carboxylic acids is 1. The number of aliphatic hydroxyl groups is 1. The van der Waals surface area contributed by atoms with E-state index in [0.29, 0.717) is 10.7 Å². The fourth-order valence-corrected chi connectivity index (χ4v) is 1.84. The number of allylic oxidation sites excluding steroid dienone is 1. The Hall–Kier alpha value is -1.39. The summed E-state index contributed by atoms with van der Waals surface area (Å²) in [6.07, 6.45) is 0. The molecule has 0 heterocycles. The van der Waals surface area contributed by atoms with Gasteiger partial charge >= 0.3 is 0 Å². The minimum Gasteiger partial charge on any atom is -0.512 e. The van der Waals surface area contributed by atoms with Gasteiger partial charge in [0.1, 0.15) is 10.7 Å². The van der Waals surface area contributed by atoms with Crippen molar-refractivity contribution >= 4 is 40.3 Å². The molecule has 1 aromatic rings. The van der Waals surface area contributed by atoms with Crippen LogP contribution in [0, 0.1) is 0 Å². The molecule has 0 saturated carbocycles. The van der Waals surface area contributed by atoms with Gasteiger partial charge in [-0.1, -0.05) is 23.8 Å². The fraction of sp³-hybridized carbons (Fsp3) is 0.167. The molecule has 90 valence electrons. The normalized spacial score (nSPS) is 11.7.